The van der Waals surface area contributed by atoms with Gasteiger partial charge in [0.2, 0.25) is 11.4 Å². The predicted molar refractivity (Wildman–Crippen MR) is 74.6 cm³/mol. The first-order chi connectivity index (χ1) is 9.27. The van der Waals surface area contributed by atoms with E-state index in [9.17, 15) is 9.59 Å². The second-order valence-corrected chi connectivity index (χ2v) is 5.53. The minimum atomic E-state index is -1.74. The summed E-state index contributed by atoms with van der Waals surface area (Å²) < 4.78 is 5.72. The van der Waals surface area contributed by atoms with Gasteiger partial charge in [0.1, 0.15) is 0 Å². The molecule has 1 atom stereocenters. The van der Waals surface area contributed by atoms with Crippen molar-refractivity contribution in [2.75, 3.05) is 0 Å². The normalized spacial score (nSPS) is 14.4. The first-order valence-corrected chi connectivity index (χ1v) is 6.51. The van der Waals surface area contributed by atoms with Crippen molar-refractivity contribution in [3.8, 4) is 0 Å². The Balaban J connectivity index is 3.29. The summed E-state index contributed by atoms with van der Waals surface area (Å²) in [5, 5.41) is 8.96. The van der Waals surface area contributed by atoms with Crippen molar-refractivity contribution in [1.29, 1.82) is 0 Å². The minimum absolute atomic E-state index is 0.115. The summed E-state index contributed by atoms with van der Waals surface area (Å²) in [6, 6.07) is 8.43. The van der Waals surface area contributed by atoms with Gasteiger partial charge in [-0.1, -0.05) is 37.3 Å². The predicted octanol–water partition coefficient (Wildman–Crippen LogP) is 2.34. The van der Waals surface area contributed by atoms with Crippen molar-refractivity contribution in [3.05, 3.63) is 35.9 Å². The van der Waals surface area contributed by atoms with Gasteiger partial charge in [-0.15, -0.1) is 0 Å². The summed E-state index contributed by atoms with van der Waals surface area (Å²) in [7, 11) is 0. The van der Waals surface area contributed by atoms with Crippen molar-refractivity contribution in [1.82, 2.24) is 5.48 Å². The maximum Gasteiger partial charge on any atom is 0.283 e. The zero-order valence-corrected chi connectivity index (χ0v) is 12.3. The molecule has 0 fully saturated rings. The molecule has 0 aromatic heterocycles. The summed E-state index contributed by atoms with van der Waals surface area (Å²) in [5.74, 6) is -1.33. The van der Waals surface area contributed by atoms with E-state index in [2.05, 4.69) is 0 Å². The first-order valence-electron chi connectivity index (χ1n) is 6.51. The van der Waals surface area contributed by atoms with Gasteiger partial charge in [-0.2, -0.15) is 0 Å². The molecule has 2 N–H and O–H groups in total. The molecular weight excluding hydrogens is 258 g/mol. The Bertz CT molecular complexity index is 478. The first kappa shape index (κ1) is 16.3. The molecule has 1 aromatic carbocycles. The van der Waals surface area contributed by atoms with Crippen LogP contribution in [0.2, 0.25) is 0 Å². The van der Waals surface area contributed by atoms with Crippen LogP contribution < -0.4 is 5.48 Å². The average Bonchev–Trinajstić information content (AvgIpc) is 2.43. The summed E-state index contributed by atoms with van der Waals surface area (Å²) >= 11 is 0. The highest BCUT2D eigenvalue weighted by molar-refractivity contribution is 6.16. The smallest absolute Gasteiger partial charge is 0.283 e. The standard InChI is InChI=1S/C15H21NO4/c1-5-15(13(18)16-19,20-14(2,3)4)12(17)11-9-7-6-8-10-11/h6-10,19H,5H2,1-4H3,(H,16,18). The molecule has 20 heavy (non-hydrogen) atoms. The molecule has 0 radical (unpaired) electrons. The van der Waals surface area contributed by atoms with Gasteiger partial charge in [-0.3, -0.25) is 14.8 Å². The Morgan fingerprint density at radius 1 is 1.20 bits per heavy atom. The van der Waals surface area contributed by atoms with E-state index in [0.29, 0.717) is 5.56 Å². The number of ether oxygens (including phenoxy) is 1. The molecule has 0 saturated heterocycles. The molecule has 110 valence electrons. The van der Waals surface area contributed by atoms with E-state index in [0.717, 1.165) is 0 Å². The lowest BCUT2D eigenvalue weighted by Crippen LogP contribution is -2.56. The number of carbonyl (C=O) groups excluding carboxylic acids is 2. The quantitative estimate of drug-likeness (QED) is 0.375. The van der Waals surface area contributed by atoms with Gasteiger partial charge in [0.05, 0.1) is 5.60 Å². The van der Waals surface area contributed by atoms with Crippen LogP contribution >= 0.6 is 0 Å². The van der Waals surface area contributed by atoms with Gasteiger partial charge in [0, 0.05) is 5.56 Å². The summed E-state index contributed by atoms with van der Waals surface area (Å²) in [5.41, 5.74) is -0.549. The SMILES string of the molecule is CCC(OC(C)(C)C)(C(=O)NO)C(=O)c1ccccc1. The molecule has 0 aliphatic heterocycles. The number of carbonyl (C=O) groups is 2. The molecule has 1 unspecified atom stereocenters. The second kappa shape index (κ2) is 6.15. The Kier molecular flexibility index (Phi) is 5.03. The highest BCUT2D eigenvalue weighted by atomic mass is 16.5. The van der Waals surface area contributed by atoms with Crippen LogP contribution in [0.25, 0.3) is 0 Å². The molecular formula is C15H21NO4. The minimum Gasteiger partial charge on any atom is -0.351 e. The van der Waals surface area contributed by atoms with E-state index in [1.807, 2.05) is 0 Å². The number of hydrogen-bond donors (Lipinski definition) is 2. The van der Waals surface area contributed by atoms with Crippen LogP contribution in [0.4, 0.5) is 0 Å². The number of hydroxylamine groups is 1. The number of amides is 1. The van der Waals surface area contributed by atoms with Gasteiger partial charge >= 0.3 is 0 Å². The molecule has 1 rings (SSSR count). The van der Waals surface area contributed by atoms with Crippen molar-refractivity contribution in [2.45, 2.75) is 45.3 Å². The molecule has 5 nitrogen and oxygen atoms in total. The van der Waals surface area contributed by atoms with E-state index in [1.54, 1.807) is 63.5 Å². The van der Waals surface area contributed by atoms with Crippen LogP contribution in [0.5, 0.6) is 0 Å². The lowest BCUT2D eigenvalue weighted by molar-refractivity contribution is -0.165. The van der Waals surface area contributed by atoms with Crippen molar-refractivity contribution in [2.24, 2.45) is 0 Å². The molecule has 1 aromatic rings. The monoisotopic (exact) mass is 279 g/mol. The third-order valence-electron chi connectivity index (χ3n) is 2.85. The summed E-state index contributed by atoms with van der Waals surface area (Å²) in [6.45, 7) is 6.92. The van der Waals surface area contributed by atoms with Gasteiger partial charge in [0.25, 0.3) is 5.91 Å². The molecule has 0 bridgehead atoms. The Labute approximate surface area is 118 Å². The zero-order chi connectivity index (χ0) is 15.4. The number of benzene rings is 1. The summed E-state index contributed by atoms with van der Waals surface area (Å²) in [6.07, 6.45) is 0.115. The zero-order valence-electron chi connectivity index (χ0n) is 12.3. The van der Waals surface area contributed by atoms with Gasteiger partial charge in [-0.25, -0.2) is 5.48 Å². The van der Waals surface area contributed by atoms with Crippen LogP contribution in [-0.4, -0.2) is 28.1 Å². The largest absolute Gasteiger partial charge is 0.351 e. The molecule has 1 amide bonds. The van der Waals surface area contributed by atoms with Crippen LogP contribution in [-0.2, 0) is 9.53 Å². The van der Waals surface area contributed by atoms with Crippen molar-refractivity contribution in [3.63, 3.8) is 0 Å². The Hall–Kier alpha value is -1.72. The maximum absolute atomic E-state index is 12.7. The van der Waals surface area contributed by atoms with E-state index >= 15 is 0 Å². The number of nitrogens with one attached hydrogen (secondary N) is 1. The third-order valence-corrected chi connectivity index (χ3v) is 2.85. The number of hydrogen-bond acceptors (Lipinski definition) is 4. The molecule has 0 aliphatic carbocycles. The van der Waals surface area contributed by atoms with Crippen LogP contribution in [0.1, 0.15) is 44.5 Å². The van der Waals surface area contributed by atoms with Crippen molar-refractivity contribution < 1.29 is 19.5 Å². The van der Waals surface area contributed by atoms with Crippen molar-refractivity contribution >= 4 is 11.7 Å². The van der Waals surface area contributed by atoms with Gasteiger partial charge in [0.15, 0.2) is 0 Å². The van der Waals surface area contributed by atoms with E-state index < -0.39 is 22.9 Å². The third kappa shape index (κ3) is 3.43. The fourth-order valence-corrected chi connectivity index (χ4v) is 2.02. The average molecular weight is 279 g/mol. The van der Waals surface area contributed by atoms with Crippen LogP contribution in [0.3, 0.4) is 0 Å². The second-order valence-electron chi connectivity index (χ2n) is 5.53. The molecule has 0 saturated carbocycles. The van der Waals surface area contributed by atoms with E-state index in [4.69, 9.17) is 9.94 Å². The van der Waals surface area contributed by atoms with Crippen LogP contribution in [0, 0.1) is 0 Å². The molecule has 5 heteroatoms. The summed E-state index contributed by atoms with van der Waals surface area (Å²) in [4.78, 5) is 24.7. The topological polar surface area (TPSA) is 75.6 Å². The van der Waals surface area contributed by atoms with E-state index in [1.165, 1.54) is 0 Å². The number of Topliss-reactive ketones (excluding diaryl/α,β-unsaturated/α-hetero) is 1. The number of ketones is 1. The highest BCUT2D eigenvalue weighted by Crippen LogP contribution is 2.28. The molecule has 0 heterocycles. The Morgan fingerprint density at radius 3 is 2.15 bits per heavy atom. The number of rotatable bonds is 5. The van der Waals surface area contributed by atoms with Gasteiger partial charge in [-0.05, 0) is 27.2 Å². The van der Waals surface area contributed by atoms with E-state index in [-0.39, 0.29) is 6.42 Å². The lowest BCUT2D eigenvalue weighted by atomic mass is 9.88. The lowest BCUT2D eigenvalue weighted by Gasteiger charge is -2.35. The highest BCUT2D eigenvalue weighted by Gasteiger charge is 2.48. The Morgan fingerprint density at radius 2 is 1.75 bits per heavy atom. The fraction of sp³-hybridized carbons (Fsp3) is 0.467. The van der Waals surface area contributed by atoms with Crippen LogP contribution in [0.15, 0.2) is 30.3 Å². The molecule has 0 spiro atoms. The van der Waals surface area contributed by atoms with Gasteiger partial charge < -0.3 is 4.74 Å². The maximum atomic E-state index is 12.7. The molecule has 0 aliphatic rings. The fourth-order valence-electron chi connectivity index (χ4n) is 2.02.